The zero-order chi connectivity index (χ0) is 11.4. The van der Waals surface area contributed by atoms with Gasteiger partial charge in [-0.1, -0.05) is 26.2 Å². The van der Waals surface area contributed by atoms with Crippen LogP contribution in [0.25, 0.3) is 0 Å². The molecule has 0 radical (unpaired) electrons. The van der Waals surface area contributed by atoms with Crippen LogP contribution in [0.15, 0.2) is 15.9 Å². The predicted molar refractivity (Wildman–Crippen MR) is 75.0 cm³/mol. The largest absolute Gasteiger partial charge is 0.296 e. The van der Waals surface area contributed by atoms with E-state index in [2.05, 4.69) is 39.9 Å². The Morgan fingerprint density at radius 1 is 1.31 bits per heavy atom. The second-order valence-electron chi connectivity index (χ2n) is 4.56. The van der Waals surface area contributed by atoms with E-state index in [1.54, 1.807) is 0 Å². The minimum atomic E-state index is 0.833. The molecule has 0 aliphatic heterocycles. The summed E-state index contributed by atoms with van der Waals surface area (Å²) in [5.74, 6) is 0. The number of rotatable bonds is 4. The maximum Gasteiger partial charge on any atom is 0.0701 e. The molecule has 1 fully saturated rings. The average Bonchev–Trinajstić information content (AvgIpc) is 2.73. The molecule has 1 nitrogen and oxygen atoms in total. The SMILES string of the molecule is CCN(Cc1ccc(Br)s1)C1CCCCC1. The average molecular weight is 302 g/mol. The van der Waals surface area contributed by atoms with Crippen molar-refractivity contribution in [2.75, 3.05) is 6.54 Å². The molecule has 0 unspecified atom stereocenters. The highest BCUT2D eigenvalue weighted by atomic mass is 79.9. The van der Waals surface area contributed by atoms with Crippen LogP contribution in [-0.2, 0) is 6.54 Å². The molecule has 0 atom stereocenters. The molecule has 0 spiro atoms. The van der Waals surface area contributed by atoms with E-state index in [0.717, 1.165) is 12.6 Å². The summed E-state index contributed by atoms with van der Waals surface area (Å²) in [4.78, 5) is 4.14. The van der Waals surface area contributed by atoms with E-state index in [-0.39, 0.29) is 0 Å². The first-order chi connectivity index (χ1) is 7.79. The van der Waals surface area contributed by atoms with Crippen LogP contribution in [-0.4, -0.2) is 17.5 Å². The van der Waals surface area contributed by atoms with Crippen molar-refractivity contribution in [1.82, 2.24) is 4.90 Å². The summed E-state index contributed by atoms with van der Waals surface area (Å²) in [6.07, 6.45) is 7.10. The highest BCUT2D eigenvalue weighted by Gasteiger charge is 2.20. The Morgan fingerprint density at radius 2 is 2.06 bits per heavy atom. The summed E-state index contributed by atoms with van der Waals surface area (Å²) in [5, 5.41) is 0. The zero-order valence-electron chi connectivity index (χ0n) is 9.92. The maximum absolute atomic E-state index is 3.54. The Hall–Kier alpha value is 0.140. The van der Waals surface area contributed by atoms with Gasteiger partial charge in [-0.3, -0.25) is 4.90 Å². The molecule has 1 aliphatic rings. The number of halogens is 1. The number of nitrogens with zero attached hydrogens (tertiary/aromatic N) is 1. The van der Waals surface area contributed by atoms with Gasteiger partial charge in [0.05, 0.1) is 3.79 Å². The standard InChI is InChI=1S/C13H20BrNS/c1-2-15(11-6-4-3-5-7-11)10-12-8-9-13(14)16-12/h8-9,11H,2-7,10H2,1H3. The molecule has 0 saturated heterocycles. The molecule has 90 valence electrons. The molecule has 1 saturated carbocycles. The van der Waals surface area contributed by atoms with E-state index in [1.165, 1.54) is 47.3 Å². The highest BCUT2D eigenvalue weighted by molar-refractivity contribution is 9.11. The van der Waals surface area contributed by atoms with E-state index < -0.39 is 0 Å². The van der Waals surface area contributed by atoms with E-state index in [1.807, 2.05) is 11.3 Å². The van der Waals surface area contributed by atoms with Crippen LogP contribution in [0.3, 0.4) is 0 Å². The minimum absolute atomic E-state index is 0.833. The Labute approximate surface area is 111 Å². The molecule has 0 bridgehead atoms. The van der Waals surface area contributed by atoms with Gasteiger partial charge < -0.3 is 0 Å². The van der Waals surface area contributed by atoms with Crippen LogP contribution >= 0.6 is 27.3 Å². The van der Waals surface area contributed by atoms with Crippen LogP contribution in [0.5, 0.6) is 0 Å². The molecule has 1 heterocycles. The van der Waals surface area contributed by atoms with Gasteiger partial charge in [0.25, 0.3) is 0 Å². The normalized spacial score (nSPS) is 18.2. The third-order valence-corrected chi connectivity index (χ3v) is 5.09. The van der Waals surface area contributed by atoms with Crippen LogP contribution in [0.2, 0.25) is 0 Å². The van der Waals surface area contributed by atoms with Gasteiger partial charge in [0, 0.05) is 17.5 Å². The molecule has 16 heavy (non-hydrogen) atoms. The quantitative estimate of drug-likeness (QED) is 0.781. The molecular formula is C13H20BrNS. The highest BCUT2D eigenvalue weighted by Crippen LogP contribution is 2.27. The molecule has 2 rings (SSSR count). The third kappa shape index (κ3) is 3.31. The summed E-state index contributed by atoms with van der Waals surface area (Å²) in [6, 6.07) is 5.24. The molecule has 3 heteroatoms. The van der Waals surface area contributed by atoms with Crippen molar-refractivity contribution in [1.29, 1.82) is 0 Å². The van der Waals surface area contributed by atoms with E-state index in [4.69, 9.17) is 0 Å². The Balaban J connectivity index is 1.94. The number of hydrogen-bond donors (Lipinski definition) is 0. The zero-order valence-corrected chi connectivity index (χ0v) is 12.3. The van der Waals surface area contributed by atoms with Gasteiger partial charge in [0.2, 0.25) is 0 Å². The van der Waals surface area contributed by atoms with Gasteiger partial charge in [-0.05, 0) is 47.4 Å². The first kappa shape index (κ1) is 12.6. The van der Waals surface area contributed by atoms with Gasteiger partial charge in [0.15, 0.2) is 0 Å². The lowest BCUT2D eigenvalue weighted by Crippen LogP contribution is -2.35. The van der Waals surface area contributed by atoms with Crippen LogP contribution in [0.4, 0.5) is 0 Å². The lowest BCUT2D eigenvalue weighted by atomic mass is 9.94. The summed E-state index contributed by atoms with van der Waals surface area (Å²) in [6.45, 7) is 4.61. The fraction of sp³-hybridized carbons (Fsp3) is 0.692. The Kier molecular flexibility index (Phi) is 4.86. The predicted octanol–water partition coefficient (Wildman–Crippen LogP) is 4.67. The molecule has 0 amide bonds. The second-order valence-corrected chi connectivity index (χ2v) is 7.11. The first-order valence-corrected chi connectivity index (χ1v) is 7.89. The van der Waals surface area contributed by atoms with Crippen molar-refractivity contribution in [3.05, 3.63) is 20.8 Å². The molecule has 1 aromatic heterocycles. The topological polar surface area (TPSA) is 3.24 Å². The molecule has 0 aromatic carbocycles. The van der Waals surface area contributed by atoms with E-state index in [9.17, 15) is 0 Å². The van der Waals surface area contributed by atoms with Gasteiger partial charge in [-0.15, -0.1) is 11.3 Å². The summed E-state index contributed by atoms with van der Waals surface area (Å²) >= 11 is 5.41. The fourth-order valence-electron chi connectivity index (χ4n) is 2.58. The minimum Gasteiger partial charge on any atom is -0.296 e. The van der Waals surface area contributed by atoms with Gasteiger partial charge in [-0.25, -0.2) is 0 Å². The van der Waals surface area contributed by atoms with Gasteiger partial charge >= 0.3 is 0 Å². The summed E-state index contributed by atoms with van der Waals surface area (Å²) in [7, 11) is 0. The molecule has 1 aliphatic carbocycles. The maximum atomic E-state index is 3.54. The van der Waals surface area contributed by atoms with E-state index in [0.29, 0.717) is 0 Å². The van der Waals surface area contributed by atoms with Crippen LogP contribution < -0.4 is 0 Å². The van der Waals surface area contributed by atoms with Crippen molar-refractivity contribution in [3.63, 3.8) is 0 Å². The van der Waals surface area contributed by atoms with Crippen molar-refractivity contribution in [2.24, 2.45) is 0 Å². The lowest BCUT2D eigenvalue weighted by molar-refractivity contribution is 0.157. The lowest BCUT2D eigenvalue weighted by Gasteiger charge is -2.33. The van der Waals surface area contributed by atoms with Crippen molar-refractivity contribution in [2.45, 2.75) is 51.6 Å². The van der Waals surface area contributed by atoms with Crippen molar-refractivity contribution >= 4 is 27.3 Å². The van der Waals surface area contributed by atoms with Crippen molar-refractivity contribution < 1.29 is 0 Å². The second kappa shape index (κ2) is 6.18. The first-order valence-electron chi connectivity index (χ1n) is 6.28. The third-order valence-electron chi connectivity index (χ3n) is 3.49. The summed E-state index contributed by atoms with van der Waals surface area (Å²) in [5.41, 5.74) is 0. The summed E-state index contributed by atoms with van der Waals surface area (Å²) < 4.78 is 1.25. The number of hydrogen-bond acceptors (Lipinski definition) is 2. The Bertz CT molecular complexity index is 317. The van der Waals surface area contributed by atoms with Crippen LogP contribution in [0, 0.1) is 0 Å². The van der Waals surface area contributed by atoms with Gasteiger partial charge in [0.1, 0.15) is 0 Å². The molecule has 0 N–H and O–H groups in total. The monoisotopic (exact) mass is 301 g/mol. The smallest absolute Gasteiger partial charge is 0.0701 e. The van der Waals surface area contributed by atoms with Crippen LogP contribution in [0.1, 0.15) is 43.9 Å². The van der Waals surface area contributed by atoms with E-state index >= 15 is 0 Å². The molecule has 1 aromatic rings. The fourth-order valence-corrected chi connectivity index (χ4v) is 4.09. The number of thiophene rings is 1. The Morgan fingerprint density at radius 3 is 2.62 bits per heavy atom. The molecular weight excluding hydrogens is 282 g/mol. The van der Waals surface area contributed by atoms with Crippen molar-refractivity contribution in [3.8, 4) is 0 Å². The van der Waals surface area contributed by atoms with Gasteiger partial charge in [-0.2, -0.15) is 0 Å².